The highest BCUT2D eigenvalue weighted by molar-refractivity contribution is 7.80. The largest absolute Gasteiger partial charge is 0.389 e. The lowest BCUT2D eigenvalue weighted by atomic mass is 10.1. The standard InChI is InChI=1S/C15H18N2S2/c1-10-3-4-14(13(7-10)15(16)18)17-11(2)8-12-5-6-19-9-12/h3-7,9,11,17H,8H2,1-2H3,(H2,16,18). The molecule has 2 nitrogen and oxygen atoms in total. The van der Waals surface area contributed by atoms with E-state index in [1.807, 2.05) is 19.1 Å². The van der Waals surface area contributed by atoms with Crippen LogP contribution < -0.4 is 11.1 Å². The van der Waals surface area contributed by atoms with Crippen LogP contribution in [0.15, 0.2) is 35.0 Å². The van der Waals surface area contributed by atoms with Crippen molar-refractivity contribution in [3.8, 4) is 0 Å². The summed E-state index contributed by atoms with van der Waals surface area (Å²) >= 11 is 6.85. The predicted octanol–water partition coefficient (Wildman–Crippen LogP) is 3.73. The number of benzene rings is 1. The molecule has 2 aromatic rings. The Hall–Kier alpha value is -1.39. The minimum atomic E-state index is 0.338. The summed E-state index contributed by atoms with van der Waals surface area (Å²) in [6.45, 7) is 4.21. The van der Waals surface area contributed by atoms with Crippen LogP contribution in [0.25, 0.3) is 0 Å². The van der Waals surface area contributed by atoms with Crippen LogP contribution in [-0.2, 0) is 6.42 Å². The molecule has 1 atom stereocenters. The average molecular weight is 290 g/mol. The lowest BCUT2D eigenvalue weighted by Gasteiger charge is -2.18. The van der Waals surface area contributed by atoms with Gasteiger partial charge in [0.25, 0.3) is 0 Å². The molecule has 1 aromatic carbocycles. The second kappa shape index (κ2) is 6.17. The van der Waals surface area contributed by atoms with Crippen molar-refractivity contribution < 1.29 is 0 Å². The number of rotatable bonds is 5. The Bertz CT molecular complexity index is 562. The first kappa shape index (κ1) is 14.0. The third kappa shape index (κ3) is 3.78. The number of anilines is 1. The number of nitrogens with one attached hydrogen (secondary N) is 1. The van der Waals surface area contributed by atoms with Crippen molar-refractivity contribution in [1.82, 2.24) is 0 Å². The maximum absolute atomic E-state index is 5.79. The van der Waals surface area contributed by atoms with Crippen molar-refractivity contribution in [2.24, 2.45) is 5.73 Å². The summed E-state index contributed by atoms with van der Waals surface area (Å²) < 4.78 is 0. The van der Waals surface area contributed by atoms with Crippen LogP contribution in [0.5, 0.6) is 0 Å². The smallest absolute Gasteiger partial charge is 0.106 e. The normalized spacial score (nSPS) is 12.1. The highest BCUT2D eigenvalue weighted by Gasteiger charge is 2.09. The van der Waals surface area contributed by atoms with E-state index in [1.54, 1.807) is 11.3 Å². The van der Waals surface area contributed by atoms with Gasteiger partial charge >= 0.3 is 0 Å². The quantitative estimate of drug-likeness (QED) is 0.824. The van der Waals surface area contributed by atoms with Gasteiger partial charge in [0.1, 0.15) is 4.99 Å². The van der Waals surface area contributed by atoms with Crippen molar-refractivity contribution in [1.29, 1.82) is 0 Å². The zero-order valence-electron chi connectivity index (χ0n) is 11.1. The van der Waals surface area contributed by atoms with Gasteiger partial charge in [-0.3, -0.25) is 0 Å². The summed E-state index contributed by atoms with van der Waals surface area (Å²) in [5, 5.41) is 7.78. The van der Waals surface area contributed by atoms with E-state index in [0.29, 0.717) is 11.0 Å². The van der Waals surface area contributed by atoms with E-state index < -0.39 is 0 Å². The van der Waals surface area contributed by atoms with Crippen molar-refractivity contribution >= 4 is 34.2 Å². The molecule has 4 heteroatoms. The van der Waals surface area contributed by atoms with E-state index in [4.69, 9.17) is 18.0 Å². The Balaban J connectivity index is 2.12. The maximum Gasteiger partial charge on any atom is 0.106 e. The fourth-order valence-corrected chi connectivity index (χ4v) is 2.92. The summed E-state index contributed by atoms with van der Waals surface area (Å²) in [4.78, 5) is 0.439. The first-order chi connectivity index (χ1) is 9.06. The minimum absolute atomic E-state index is 0.338. The summed E-state index contributed by atoms with van der Waals surface area (Å²) in [5.74, 6) is 0. The second-order valence-electron chi connectivity index (χ2n) is 4.79. The molecule has 100 valence electrons. The second-order valence-corrected chi connectivity index (χ2v) is 6.01. The average Bonchev–Trinajstić information content (AvgIpc) is 2.83. The van der Waals surface area contributed by atoms with Crippen LogP contribution >= 0.6 is 23.6 Å². The number of nitrogens with two attached hydrogens (primary N) is 1. The molecule has 0 aliphatic carbocycles. The van der Waals surface area contributed by atoms with Crippen molar-refractivity contribution in [2.45, 2.75) is 26.3 Å². The van der Waals surface area contributed by atoms with Gasteiger partial charge in [0.05, 0.1) is 0 Å². The van der Waals surface area contributed by atoms with Crippen molar-refractivity contribution in [3.05, 3.63) is 51.7 Å². The van der Waals surface area contributed by atoms with Crippen LogP contribution in [0.2, 0.25) is 0 Å². The van der Waals surface area contributed by atoms with E-state index in [-0.39, 0.29) is 0 Å². The molecule has 2 rings (SSSR count). The molecule has 0 radical (unpaired) electrons. The number of aryl methyl sites for hydroxylation is 1. The highest BCUT2D eigenvalue weighted by Crippen LogP contribution is 2.19. The van der Waals surface area contributed by atoms with E-state index in [9.17, 15) is 0 Å². The Morgan fingerprint density at radius 1 is 1.42 bits per heavy atom. The van der Waals surface area contributed by atoms with Gasteiger partial charge < -0.3 is 11.1 Å². The van der Waals surface area contributed by atoms with Crippen LogP contribution in [0, 0.1) is 6.92 Å². The Labute approximate surface area is 123 Å². The van der Waals surface area contributed by atoms with E-state index >= 15 is 0 Å². The molecule has 19 heavy (non-hydrogen) atoms. The zero-order valence-corrected chi connectivity index (χ0v) is 12.8. The molecule has 3 N–H and O–H groups in total. The van der Waals surface area contributed by atoms with Crippen molar-refractivity contribution in [2.75, 3.05) is 5.32 Å². The topological polar surface area (TPSA) is 38.0 Å². The summed E-state index contributed by atoms with van der Waals surface area (Å²) in [6, 6.07) is 8.65. The van der Waals surface area contributed by atoms with Gasteiger partial charge in [0.2, 0.25) is 0 Å². The predicted molar refractivity (Wildman–Crippen MR) is 88.2 cm³/mol. The lowest BCUT2D eigenvalue weighted by molar-refractivity contribution is 0.792. The van der Waals surface area contributed by atoms with Gasteiger partial charge in [-0.2, -0.15) is 11.3 Å². The Morgan fingerprint density at radius 2 is 2.21 bits per heavy atom. The molecular weight excluding hydrogens is 272 g/mol. The zero-order chi connectivity index (χ0) is 13.8. The molecule has 0 aliphatic rings. The van der Waals surface area contributed by atoms with Gasteiger partial charge in [-0.15, -0.1) is 0 Å². The SMILES string of the molecule is Cc1ccc(NC(C)Cc2ccsc2)c(C(N)=S)c1. The van der Waals surface area contributed by atoms with E-state index in [0.717, 1.165) is 17.7 Å². The van der Waals surface area contributed by atoms with Gasteiger partial charge in [-0.25, -0.2) is 0 Å². The first-order valence-corrected chi connectivity index (χ1v) is 7.59. The van der Waals surface area contributed by atoms with Crippen LogP contribution in [-0.4, -0.2) is 11.0 Å². The maximum atomic E-state index is 5.79. The Morgan fingerprint density at radius 3 is 2.84 bits per heavy atom. The van der Waals surface area contributed by atoms with Gasteiger partial charge in [-0.05, 0) is 54.8 Å². The third-order valence-electron chi connectivity index (χ3n) is 2.96. The molecule has 0 bridgehead atoms. The number of hydrogen-bond donors (Lipinski definition) is 2. The Kier molecular flexibility index (Phi) is 4.56. The number of thiophene rings is 1. The van der Waals surface area contributed by atoms with Crippen LogP contribution in [0.3, 0.4) is 0 Å². The molecule has 0 saturated heterocycles. The van der Waals surface area contributed by atoms with Gasteiger partial charge in [0.15, 0.2) is 0 Å². The third-order valence-corrected chi connectivity index (χ3v) is 3.92. The molecule has 1 unspecified atom stereocenters. The van der Waals surface area contributed by atoms with Gasteiger partial charge in [0, 0.05) is 17.3 Å². The molecule has 0 saturated carbocycles. The molecule has 0 spiro atoms. The molecule has 1 heterocycles. The van der Waals surface area contributed by atoms with Crippen LogP contribution in [0.4, 0.5) is 5.69 Å². The fraction of sp³-hybridized carbons (Fsp3) is 0.267. The molecule has 1 aromatic heterocycles. The molecular formula is C15H18N2S2. The number of hydrogen-bond acceptors (Lipinski definition) is 3. The number of thiocarbonyl (C=S) groups is 1. The molecule has 0 fully saturated rings. The molecule has 0 amide bonds. The highest BCUT2D eigenvalue weighted by atomic mass is 32.1. The summed E-state index contributed by atoms with van der Waals surface area (Å²) in [5.41, 5.74) is 10.2. The van der Waals surface area contributed by atoms with E-state index in [2.05, 4.69) is 35.1 Å². The summed E-state index contributed by atoms with van der Waals surface area (Å²) in [6.07, 6.45) is 0.994. The van der Waals surface area contributed by atoms with E-state index in [1.165, 1.54) is 11.1 Å². The minimum Gasteiger partial charge on any atom is -0.389 e. The fourth-order valence-electron chi connectivity index (χ4n) is 2.07. The summed E-state index contributed by atoms with van der Waals surface area (Å²) in [7, 11) is 0. The monoisotopic (exact) mass is 290 g/mol. The lowest BCUT2D eigenvalue weighted by Crippen LogP contribution is -2.21. The molecule has 0 aliphatic heterocycles. The van der Waals surface area contributed by atoms with Crippen LogP contribution in [0.1, 0.15) is 23.6 Å². The first-order valence-electron chi connectivity index (χ1n) is 6.24. The van der Waals surface area contributed by atoms with Gasteiger partial charge in [-0.1, -0.05) is 23.8 Å². The van der Waals surface area contributed by atoms with Crippen molar-refractivity contribution in [3.63, 3.8) is 0 Å².